The number of H-pyrrole nitrogens is 1. The van der Waals surface area contributed by atoms with Crippen molar-refractivity contribution in [2.75, 3.05) is 13.7 Å². The van der Waals surface area contributed by atoms with Crippen LogP contribution < -0.4 is 15.2 Å². The Morgan fingerprint density at radius 1 is 1.24 bits per heavy atom. The monoisotopic (exact) mass is 404 g/mol. The summed E-state index contributed by atoms with van der Waals surface area (Å²) in [7, 11) is 1.54. The molecule has 0 saturated heterocycles. The third kappa shape index (κ3) is 3.61. The zero-order valence-electron chi connectivity index (χ0n) is 13.6. The van der Waals surface area contributed by atoms with Crippen LogP contribution in [0.5, 0.6) is 11.5 Å². The molecule has 130 valence electrons. The van der Waals surface area contributed by atoms with E-state index in [-0.39, 0.29) is 5.69 Å². The number of aldehydes is 1. The molecule has 3 aromatic rings. The number of methoxy groups -OCH3 is 1. The summed E-state index contributed by atoms with van der Waals surface area (Å²) in [6.07, 6.45) is 1.39. The topological polar surface area (TPSA) is 73.3 Å². The predicted octanol–water partition coefficient (Wildman–Crippen LogP) is 3.38. The smallest absolute Gasteiger partial charge is 0.326 e. The minimum absolute atomic E-state index is 0.134. The van der Waals surface area contributed by atoms with Crippen LogP contribution in [0.3, 0.4) is 0 Å². The van der Waals surface area contributed by atoms with Crippen molar-refractivity contribution in [3.63, 3.8) is 0 Å². The number of fused-ring (bicyclic) bond motifs is 1. The summed E-state index contributed by atoms with van der Waals surface area (Å²) in [5.41, 5.74) is 2.05. The molecule has 0 aliphatic rings. The van der Waals surface area contributed by atoms with E-state index in [0.29, 0.717) is 41.1 Å². The quantitative estimate of drug-likeness (QED) is 0.483. The number of aromatic amines is 1. The van der Waals surface area contributed by atoms with Gasteiger partial charge in [0, 0.05) is 16.6 Å². The lowest BCUT2D eigenvalue weighted by molar-refractivity contribution is 0.112. The van der Waals surface area contributed by atoms with Crippen molar-refractivity contribution in [3.8, 4) is 11.5 Å². The molecule has 0 aliphatic carbocycles. The maximum atomic E-state index is 12.0. The zero-order valence-corrected chi connectivity index (χ0v) is 15.2. The number of rotatable bonds is 7. The lowest BCUT2D eigenvalue weighted by Crippen LogP contribution is -2.18. The molecule has 0 bridgehead atoms. The number of hydrogen-bond donors (Lipinski definition) is 1. The van der Waals surface area contributed by atoms with Gasteiger partial charge < -0.3 is 14.5 Å². The first kappa shape index (κ1) is 17.3. The fraction of sp³-hybridized carbons (Fsp3) is 0.222. The number of ether oxygens (including phenoxy) is 2. The van der Waals surface area contributed by atoms with Crippen LogP contribution in [0.25, 0.3) is 11.0 Å². The molecular formula is C18H17BrN2O4. The maximum Gasteiger partial charge on any atom is 0.326 e. The SMILES string of the molecule is COc1cc(Br)c(C=O)cc1OCCCn1c(=O)[nH]c2ccccc21. The van der Waals surface area contributed by atoms with Gasteiger partial charge in [0.1, 0.15) is 0 Å². The fourth-order valence-corrected chi connectivity index (χ4v) is 3.06. The minimum atomic E-state index is -0.134. The molecule has 0 atom stereocenters. The number of carbonyl (C=O) groups excluding carboxylic acids is 1. The van der Waals surface area contributed by atoms with E-state index < -0.39 is 0 Å². The van der Waals surface area contributed by atoms with Crippen molar-refractivity contribution in [1.82, 2.24) is 9.55 Å². The van der Waals surface area contributed by atoms with E-state index in [2.05, 4.69) is 20.9 Å². The zero-order chi connectivity index (χ0) is 17.8. The summed E-state index contributed by atoms with van der Waals surface area (Å²) in [6, 6.07) is 10.9. The Morgan fingerprint density at radius 3 is 2.80 bits per heavy atom. The van der Waals surface area contributed by atoms with Gasteiger partial charge >= 0.3 is 5.69 Å². The van der Waals surface area contributed by atoms with Crippen LogP contribution in [-0.4, -0.2) is 29.6 Å². The first-order chi connectivity index (χ1) is 12.1. The van der Waals surface area contributed by atoms with Gasteiger partial charge in [-0.3, -0.25) is 9.36 Å². The fourth-order valence-electron chi connectivity index (χ4n) is 2.65. The Morgan fingerprint density at radius 2 is 2.04 bits per heavy atom. The number of halogens is 1. The number of benzene rings is 2. The standard InChI is InChI=1S/C18H17BrN2O4/c1-24-16-10-13(19)12(11-22)9-17(16)25-8-4-7-21-15-6-3-2-5-14(15)20-18(21)23/h2-3,5-6,9-11H,4,7-8H2,1H3,(H,20,23). The Bertz CT molecular complexity index is 961. The lowest BCUT2D eigenvalue weighted by atomic mass is 10.2. The number of nitrogens with one attached hydrogen (secondary N) is 1. The Balaban J connectivity index is 1.68. The summed E-state index contributed by atoms with van der Waals surface area (Å²) >= 11 is 3.31. The van der Waals surface area contributed by atoms with Crippen molar-refractivity contribution in [2.45, 2.75) is 13.0 Å². The van der Waals surface area contributed by atoms with E-state index in [1.165, 1.54) is 0 Å². The van der Waals surface area contributed by atoms with E-state index in [1.54, 1.807) is 23.8 Å². The molecule has 7 heteroatoms. The lowest BCUT2D eigenvalue weighted by Gasteiger charge is -2.12. The van der Waals surface area contributed by atoms with Gasteiger partial charge in [-0.1, -0.05) is 12.1 Å². The number of imidazole rings is 1. The molecule has 0 spiro atoms. The number of hydrogen-bond acceptors (Lipinski definition) is 4. The van der Waals surface area contributed by atoms with Gasteiger partial charge in [0.15, 0.2) is 17.8 Å². The molecule has 0 amide bonds. The van der Waals surface area contributed by atoms with Crippen LogP contribution in [0.15, 0.2) is 45.7 Å². The van der Waals surface area contributed by atoms with Crippen LogP contribution >= 0.6 is 15.9 Å². The Hall–Kier alpha value is -2.54. The number of carbonyl (C=O) groups is 1. The summed E-state index contributed by atoms with van der Waals surface area (Å²) in [4.78, 5) is 25.9. The molecule has 25 heavy (non-hydrogen) atoms. The van der Waals surface area contributed by atoms with Crippen molar-refractivity contribution in [1.29, 1.82) is 0 Å². The Labute approximate surface area is 152 Å². The van der Waals surface area contributed by atoms with Crippen molar-refractivity contribution in [3.05, 3.63) is 56.9 Å². The van der Waals surface area contributed by atoms with Gasteiger partial charge in [-0.25, -0.2) is 4.79 Å². The molecule has 0 saturated carbocycles. The normalized spacial score (nSPS) is 10.8. The highest BCUT2D eigenvalue weighted by atomic mass is 79.9. The van der Waals surface area contributed by atoms with E-state index in [1.807, 2.05) is 24.3 Å². The van der Waals surface area contributed by atoms with E-state index in [4.69, 9.17) is 9.47 Å². The summed E-state index contributed by atoms with van der Waals surface area (Å²) in [5.74, 6) is 1.04. The summed E-state index contributed by atoms with van der Waals surface area (Å²) < 4.78 is 13.4. The predicted molar refractivity (Wildman–Crippen MR) is 98.8 cm³/mol. The second-order valence-corrected chi connectivity index (χ2v) is 6.30. The number of aryl methyl sites for hydroxylation is 1. The molecule has 6 nitrogen and oxygen atoms in total. The first-order valence-electron chi connectivity index (χ1n) is 7.77. The van der Waals surface area contributed by atoms with Gasteiger partial charge in [0.2, 0.25) is 0 Å². The second-order valence-electron chi connectivity index (χ2n) is 5.44. The average Bonchev–Trinajstić information content (AvgIpc) is 2.94. The molecule has 1 heterocycles. The Kier molecular flexibility index (Phi) is 5.23. The number of aromatic nitrogens is 2. The highest BCUT2D eigenvalue weighted by Gasteiger charge is 2.10. The third-order valence-corrected chi connectivity index (χ3v) is 4.56. The largest absolute Gasteiger partial charge is 0.493 e. The molecule has 0 unspecified atom stereocenters. The van der Waals surface area contributed by atoms with E-state index in [0.717, 1.165) is 17.3 Å². The van der Waals surface area contributed by atoms with Crippen LogP contribution in [0, 0.1) is 0 Å². The van der Waals surface area contributed by atoms with Crippen molar-refractivity contribution >= 4 is 33.2 Å². The molecule has 1 N–H and O–H groups in total. The van der Waals surface area contributed by atoms with Crippen molar-refractivity contribution in [2.24, 2.45) is 0 Å². The highest BCUT2D eigenvalue weighted by Crippen LogP contribution is 2.32. The highest BCUT2D eigenvalue weighted by molar-refractivity contribution is 9.10. The van der Waals surface area contributed by atoms with Crippen LogP contribution in [0.2, 0.25) is 0 Å². The van der Waals surface area contributed by atoms with Gasteiger partial charge in [0.05, 0.1) is 24.8 Å². The molecule has 0 fully saturated rings. The number of para-hydroxylation sites is 2. The minimum Gasteiger partial charge on any atom is -0.493 e. The second kappa shape index (κ2) is 7.57. The third-order valence-electron chi connectivity index (χ3n) is 3.88. The molecule has 1 aromatic heterocycles. The van der Waals surface area contributed by atoms with E-state index in [9.17, 15) is 9.59 Å². The van der Waals surface area contributed by atoms with Gasteiger partial charge in [-0.15, -0.1) is 0 Å². The van der Waals surface area contributed by atoms with Gasteiger partial charge in [-0.2, -0.15) is 0 Å². The van der Waals surface area contributed by atoms with Crippen LogP contribution in [0.4, 0.5) is 0 Å². The summed E-state index contributed by atoms with van der Waals surface area (Å²) in [6.45, 7) is 0.921. The van der Waals surface area contributed by atoms with E-state index >= 15 is 0 Å². The average molecular weight is 405 g/mol. The molecule has 0 aliphatic heterocycles. The number of nitrogens with zero attached hydrogens (tertiary/aromatic N) is 1. The first-order valence-corrected chi connectivity index (χ1v) is 8.56. The summed E-state index contributed by atoms with van der Waals surface area (Å²) in [5, 5.41) is 0. The maximum absolute atomic E-state index is 12.0. The van der Waals surface area contributed by atoms with Crippen LogP contribution in [-0.2, 0) is 6.54 Å². The molecule has 2 aromatic carbocycles. The van der Waals surface area contributed by atoms with Gasteiger partial charge in [-0.05, 0) is 46.6 Å². The molecular weight excluding hydrogens is 388 g/mol. The van der Waals surface area contributed by atoms with Crippen LogP contribution in [0.1, 0.15) is 16.8 Å². The van der Waals surface area contributed by atoms with Gasteiger partial charge in [0.25, 0.3) is 0 Å². The van der Waals surface area contributed by atoms with Crippen molar-refractivity contribution < 1.29 is 14.3 Å². The molecule has 3 rings (SSSR count). The molecule has 0 radical (unpaired) electrons.